The van der Waals surface area contributed by atoms with Crippen LogP contribution in [-0.2, 0) is 26.6 Å². The Labute approximate surface area is 248 Å². The van der Waals surface area contributed by atoms with Gasteiger partial charge < -0.3 is 14.4 Å². The molecular weight excluding hydrogens is 570 g/mol. The maximum Gasteiger partial charge on any atom is 0.335 e. The van der Waals surface area contributed by atoms with Crippen molar-refractivity contribution in [3.05, 3.63) is 118 Å². The number of imidazole rings is 1. The Morgan fingerprint density at radius 1 is 1.00 bits per heavy atom. The van der Waals surface area contributed by atoms with Crippen molar-refractivity contribution >= 4 is 17.0 Å². The van der Waals surface area contributed by atoms with Crippen molar-refractivity contribution < 1.29 is 23.4 Å². The molecule has 6 aromatic rings. The Balaban J connectivity index is 1.25. The van der Waals surface area contributed by atoms with Gasteiger partial charge in [-0.1, -0.05) is 24.3 Å². The van der Waals surface area contributed by atoms with Crippen LogP contribution >= 0.6 is 0 Å². The molecule has 0 aliphatic carbocycles. The number of carboxylic acid groups (broad SMARTS) is 1. The molecule has 0 spiro atoms. The average Bonchev–Trinajstić information content (AvgIpc) is 3.59. The van der Waals surface area contributed by atoms with Gasteiger partial charge in [0.05, 0.1) is 47.5 Å². The van der Waals surface area contributed by atoms with E-state index in [0.717, 1.165) is 6.07 Å². The second-order valence-electron chi connectivity index (χ2n) is 9.87. The minimum atomic E-state index is -1.08. The van der Waals surface area contributed by atoms with Gasteiger partial charge in [0.1, 0.15) is 24.1 Å². The van der Waals surface area contributed by atoms with E-state index in [-0.39, 0.29) is 42.1 Å². The maximum absolute atomic E-state index is 15.5. The number of benzene rings is 3. The number of ether oxygens (including phenoxy) is 1. The third-order valence-corrected chi connectivity index (χ3v) is 6.90. The van der Waals surface area contributed by atoms with Crippen LogP contribution in [0.15, 0.2) is 72.8 Å². The summed E-state index contributed by atoms with van der Waals surface area (Å²) in [6, 6.07) is 20.3. The molecule has 3 heterocycles. The molecule has 6 rings (SSSR count). The fourth-order valence-corrected chi connectivity index (χ4v) is 4.71. The van der Waals surface area contributed by atoms with Crippen molar-refractivity contribution in [2.45, 2.75) is 19.6 Å². The zero-order valence-corrected chi connectivity index (χ0v) is 23.1. The Morgan fingerprint density at radius 2 is 1.82 bits per heavy atom. The van der Waals surface area contributed by atoms with Crippen LogP contribution in [0.5, 0.6) is 5.88 Å². The zero-order valence-electron chi connectivity index (χ0n) is 23.1. The van der Waals surface area contributed by atoms with Crippen LogP contribution in [0, 0.1) is 23.0 Å². The summed E-state index contributed by atoms with van der Waals surface area (Å²) in [5, 5.41) is 30.5. The monoisotopic (exact) mass is 592 g/mol. The molecule has 0 saturated carbocycles. The smallest absolute Gasteiger partial charge is 0.335 e. The van der Waals surface area contributed by atoms with Crippen molar-refractivity contribution in [3.8, 4) is 23.2 Å². The number of pyridine rings is 1. The maximum atomic E-state index is 15.5. The van der Waals surface area contributed by atoms with Crippen molar-refractivity contribution in [1.29, 1.82) is 5.26 Å². The third kappa shape index (κ3) is 5.82. The highest BCUT2D eigenvalue weighted by Gasteiger charge is 2.18. The van der Waals surface area contributed by atoms with E-state index in [0.29, 0.717) is 39.5 Å². The lowest BCUT2D eigenvalue weighted by atomic mass is 10.1. The number of aromatic nitrogens is 7. The molecule has 0 atom stereocenters. The number of carboxylic acids is 1. The first-order valence-electron chi connectivity index (χ1n) is 13.3. The molecule has 0 bridgehead atoms. The largest absolute Gasteiger partial charge is 0.478 e. The number of rotatable bonds is 9. The Morgan fingerprint density at radius 3 is 2.55 bits per heavy atom. The van der Waals surface area contributed by atoms with Gasteiger partial charge in [0.25, 0.3) is 0 Å². The van der Waals surface area contributed by atoms with E-state index in [9.17, 15) is 14.3 Å². The fourth-order valence-electron chi connectivity index (χ4n) is 4.71. The van der Waals surface area contributed by atoms with E-state index in [4.69, 9.17) is 10.00 Å². The summed E-state index contributed by atoms with van der Waals surface area (Å²) < 4.78 is 37.2. The molecule has 13 heteroatoms. The normalized spacial score (nSPS) is 11.0. The Hall–Kier alpha value is -6.03. The first-order chi connectivity index (χ1) is 21.3. The molecule has 3 aromatic heterocycles. The summed E-state index contributed by atoms with van der Waals surface area (Å²) in [5.41, 5.74) is 2.99. The molecule has 3 aromatic carbocycles. The number of aryl methyl sites for hydroxylation is 1. The molecule has 218 valence electrons. The lowest BCUT2D eigenvalue weighted by molar-refractivity contribution is 0.0697. The van der Waals surface area contributed by atoms with E-state index < -0.39 is 17.6 Å². The molecule has 44 heavy (non-hydrogen) atoms. The Kier molecular flexibility index (Phi) is 7.47. The molecule has 11 nitrogen and oxygen atoms in total. The molecule has 0 saturated heterocycles. The number of nitriles is 1. The first-order valence-corrected chi connectivity index (χ1v) is 13.3. The number of fused-ring (bicyclic) bond motifs is 1. The molecule has 1 N–H and O–H groups in total. The lowest BCUT2D eigenvalue weighted by Gasteiger charge is -2.10. The molecule has 0 radical (unpaired) electrons. The van der Waals surface area contributed by atoms with Gasteiger partial charge in [0.2, 0.25) is 5.88 Å². The van der Waals surface area contributed by atoms with Crippen LogP contribution in [0.25, 0.3) is 22.3 Å². The highest BCUT2D eigenvalue weighted by Crippen LogP contribution is 2.26. The minimum absolute atomic E-state index is 0.0913. The van der Waals surface area contributed by atoms with Crippen molar-refractivity contribution in [2.75, 3.05) is 0 Å². The summed E-state index contributed by atoms with van der Waals surface area (Å²) >= 11 is 0. The number of halogens is 2. The number of tetrazole rings is 1. The summed E-state index contributed by atoms with van der Waals surface area (Å²) in [7, 11) is 1.63. The molecule has 0 unspecified atom stereocenters. The molecule has 0 aliphatic heterocycles. The van der Waals surface area contributed by atoms with Crippen molar-refractivity contribution in [3.63, 3.8) is 0 Å². The Bertz CT molecular complexity index is 2080. The zero-order chi connectivity index (χ0) is 30.8. The summed E-state index contributed by atoms with van der Waals surface area (Å²) in [4.78, 5) is 22.0. The van der Waals surface area contributed by atoms with E-state index in [2.05, 4.69) is 25.4 Å². The van der Waals surface area contributed by atoms with Crippen LogP contribution < -0.4 is 4.74 Å². The standard InChI is InChI=1S/C31H22F2N8O3/c1-40-38-28(37-39-40)16-41-27-13-21(31(42)43)9-10-26(27)35-29(41)14-19-7-8-20(12-24(19)33)25-3-2-4-30(36-25)44-17-22-6-5-18(15-34)11-23(22)32/h2-13H,14,16-17H2,1H3,(H,42,43). The van der Waals surface area contributed by atoms with Crippen LogP contribution in [0.1, 0.15) is 38.7 Å². The summed E-state index contributed by atoms with van der Waals surface area (Å²) in [6.45, 7) is 0.0614. The fraction of sp³-hybridized carbons (Fsp3) is 0.129. The van der Waals surface area contributed by atoms with Crippen LogP contribution in [-0.4, -0.2) is 45.8 Å². The van der Waals surface area contributed by atoms with Gasteiger partial charge in [0, 0.05) is 23.6 Å². The predicted molar refractivity (Wildman–Crippen MR) is 152 cm³/mol. The second kappa shape index (κ2) is 11.7. The average molecular weight is 593 g/mol. The van der Waals surface area contributed by atoms with Gasteiger partial charge in [-0.05, 0) is 53.2 Å². The van der Waals surface area contributed by atoms with E-state index >= 15 is 4.39 Å². The highest BCUT2D eigenvalue weighted by atomic mass is 19.1. The molecular formula is C31H22F2N8O3. The van der Waals surface area contributed by atoms with Gasteiger partial charge in [-0.25, -0.2) is 23.5 Å². The molecule has 0 amide bonds. The predicted octanol–water partition coefficient (Wildman–Crippen LogP) is 4.69. The van der Waals surface area contributed by atoms with Crippen molar-refractivity contribution in [2.24, 2.45) is 7.05 Å². The van der Waals surface area contributed by atoms with Gasteiger partial charge in [-0.15, -0.1) is 10.2 Å². The molecule has 0 fully saturated rings. The highest BCUT2D eigenvalue weighted by molar-refractivity contribution is 5.92. The first kappa shape index (κ1) is 28.1. The topological polar surface area (TPSA) is 145 Å². The van der Waals surface area contributed by atoms with E-state index in [1.807, 2.05) is 6.07 Å². The summed E-state index contributed by atoms with van der Waals surface area (Å²) in [5.74, 6) is -1.02. The number of hydrogen-bond acceptors (Lipinski definition) is 8. The number of carbonyl (C=O) groups is 1. The van der Waals surface area contributed by atoms with Gasteiger partial charge in [-0.2, -0.15) is 10.1 Å². The number of aromatic carboxylic acids is 1. The number of nitrogens with zero attached hydrogens (tertiary/aromatic N) is 8. The van der Waals surface area contributed by atoms with Crippen molar-refractivity contribution in [1.82, 2.24) is 34.7 Å². The van der Waals surface area contributed by atoms with Crippen LogP contribution in [0.3, 0.4) is 0 Å². The lowest BCUT2D eigenvalue weighted by Crippen LogP contribution is -2.09. The quantitative estimate of drug-likeness (QED) is 0.253. The minimum Gasteiger partial charge on any atom is -0.478 e. The van der Waals surface area contributed by atoms with E-state index in [1.165, 1.54) is 35.1 Å². The van der Waals surface area contributed by atoms with E-state index in [1.54, 1.807) is 48.0 Å². The van der Waals surface area contributed by atoms with Crippen LogP contribution in [0.4, 0.5) is 8.78 Å². The third-order valence-electron chi connectivity index (χ3n) is 6.90. The summed E-state index contributed by atoms with van der Waals surface area (Å²) in [6.07, 6.45) is 0.107. The van der Waals surface area contributed by atoms with Gasteiger partial charge >= 0.3 is 5.97 Å². The van der Waals surface area contributed by atoms with Gasteiger partial charge in [0.15, 0.2) is 5.82 Å². The molecule has 0 aliphatic rings. The number of hydrogen-bond donors (Lipinski definition) is 1. The SMILES string of the molecule is Cn1nnc(Cn2c(Cc3ccc(-c4cccc(OCc5ccc(C#N)cc5F)n4)cc3F)nc3ccc(C(=O)O)cc32)n1. The second-order valence-corrected chi connectivity index (χ2v) is 9.87. The van der Waals surface area contributed by atoms with Gasteiger partial charge in [-0.3, -0.25) is 0 Å². The van der Waals surface area contributed by atoms with Crippen LogP contribution in [0.2, 0.25) is 0 Å².